The molecule has 1 aromatic heterocycles. The molecule has 0 radical (unpaired) electrons. The molecule has 0 saturated heterocycles. The Kier molecular flexibility index (Phi) is 7.32. The molecule has 0 aliphatic heterocycles. The van der Waals surface area contributed by atoms with Gasteiger partial charge in [0, 0.05) is 26.6 Å². The standard InChI is InChI=1S/C16H32N4O/c1-13(2)11-20-15(18-12-19-20)9-14(16(3,4)5)10-17-7-8-21-6/h12-14,17H,7-11H2,1-6H3. The highest BCUT2D eigenvalue weighted by Crippen LogP contribution is 2.28. The van der Waals surface area contributed by atoms with Gasteiger partial charge >= 0.3 is 0 Å². The van der Waals surface area contributed by atoms with E-state index in [1.165, 1.54) is 0 Å². The van der Waals surface area contributed by atoms with Gasteiger partial charge in [0.2, 0.25) is 0 Å². The molecule has 1 N–H and O–H groups in total. The zero-order chi connectivity index (χ0) is 15.9. The van der Waals surface area contributed by atoms with E-state index in [0.29, 0.717) is 11.8 Å². The largest absolute Gasteiger partial charge is 0.383 e. The highest BCUT2D eigenvalue weighted by Gasteiger charge is 2.26. The summed E-state index contributed by atoms with van der Waals surface area (Å²) < 4.78 is 7.14. The molecule has 0 aliphatic carbocycles. The number of methoxy groups -OCH3 is 1. The van der Waals surface area contributed by atoms with Crippen LogP contribution in [-0.4, -0.2) is 41.6 Å². The van der Waals surface area contributed by atoms with Gasteiger partial charge in [-0.1, -0.05) is 34.6 Å². The van der Waals surface area contributed by atoms with Crippen LogP contribution < -0.4 is 5.32 Å². The Morgan fingerprint density at radius 3 is 2.62 bits per heavy atom. The second kappa shape index (κ2) is 8.49. The third kappa shape index (κ3) is 6.57. The molecule has 1 unspecified atom stereocenters. The first kappa shape index (κ1) is 18.1. The maximum Gasteiger partial charge on any atom is 0.138 e. The number of nitrogens with one attached hydrogen (secondary N) is 1. The van der Waals surface area contributed by atoms with Crippen molar-refractivity contribution in [1.82, 2.24) is 20.1 Å². The van der Waals surface area contributed by atoms with Gasteiger partial charge in [-0.15, -0.1) is 0 Å². The van der Waals surface area contributed by atoms with Crippen molar-refractivity contribution in [1.29, 1.82) is 0 Å². The minimum absolute atomic E-state index is 0.231. The Labute approximate surface area is 129 Å². The Hall–Kier alpha value is -0.940. The van der Waals surface area contributed by atoms with E-state index < -0.39 is 0 Å². The molecule has 122 valence electrons. The van der Waals surface area contributed by atoms with Crippen molar-refractivity contribution in [2.24, 2.45) is 17.3 Å². The lowest BCUT2D eigenvalue weighted by Crippen LogP contribution is -2.35. The summed E-state index contributed by atoms with van der Waals surface area (Å²) in [6.07, 6.45) is 2.63. The molecular weight excluding hydrogens is 264 g/mol. The molecule has 0 saturated carbocycles. The summed E-state index contributed by atoms with van der Waals surface area (Å²) in [6, 6.07) is 0. The van der Waals surface area contributed by atoms with Crippen LogP contribution in [0.15, 0.2) is 6.33 Å². The van der Waals surface area contributed by atoms with Gasteiger partial charge < -0.3 is 10.1 Å². The van der Waals surface area contributed by atoms with Crippen LogP contribution in [0.3, 0.4) is 0 Å². The minimum Gasteiger partial charge on any atom is -0.383 e. The fourth-order valence-corrected chi connectivity index (χ4v) is 2.30. The smallest absolute Gasteiger partial charge is 0.138 e. The van der Waals surface area contributed by atoms with E-state index in [1.807, 2.05) is 0 Å². The molecular formula is C16H32N4O. The molecule has 0 spiro atoms. The molecule has 5 nitrogen and oxygen atoms in total. The van der Waals surface area contributed by atoms with Gasteiger partial charge in [0.1, 0.15) is 12.2 Å². The molecule has 5 heteroatoms. The average Bonchev–Trinajstić information content (AvgIpc) is 2.78. The van der Waals surface area contributed by atoms with Gasteiger partial charge in [-0.2, -0.15) is 5.10 Å². The molecule has 21 heavy (non-hydrogen) atoms. The normalized spacial score (nSPS) is 13.9. The van der Waals surface area contributed by atoms with Crippen molar-refractivity contribution >= 4 is 0 Å². The lowest BCUT2D eigenvalue weighted by Gasteiger charge is -2.31. The minimum atomic E-state index is 0.231. The molecule has 1 rings (SSSR count). The van der Waals surface area contributed by atoms with E-state index in [-0.39, 0.29) is 5.41 Å². The van der Waals surface area contributed by atoms with Crippen LogP contribution in [-0.2, 0) is 17.7 Å². The molecule has 1 atom stereocenters. The Balaban J connectivity index is 2.66. The van der Waals surface area contributed by atoms with Gasteiger partial charge in [0.15, 0.2) is 0 Å². The number of ether oxygens (including phenoxy) is 1. The van der Waals surface area contributed by atoms with E-state index in [0.717, 1.165) is 38.5 Å². The van der Waals surface area contributed by atoms with Gasteiger partial charge in [-0.25, -0.2) is 9.67 Å². The Morgan fingerprint density at radius 1 is 1.33 bits per heavy atom. The van der Waals surface area contributed by atoms with Crippen molar-refractivity contribution in [2.75, 3.05) is 26.8 Å². The Morgan fingerprint density at radius 2 is 2.05 bits per heavy atom. The highest BCUT2D eigenvalue weighted by atomic mass is 16.5. The van der Waals surface area contributed by atoms with Gasteiger partial charge in [0.25, 0.3) is 0 Å². The van der Waals surface area contributed by atoms with Crippen molar-refractivity contribution in [2.45, 2.75) is 47.6 Å². The second-order valence-electron chi connectivity index (χ2n) is 7.22. The summed E-state index contributed by atoms with van der Waals surface area (Å²) in [6.45, 7) is 14.8. The first-order valence-corrected chi connectivity index (χ1v) is 7.91. The predicted octanol–water partition coefficient (Wildman–Crippen LogP) is 2.37. The molecule has 0 fully saturated rings. The lowest BCUT2D eigenvalue weighted by atomic mass is 9.78. The monoisotopic (exact) mass is 296 g/mol. The molecule has 1 aromatic rings. The van der Waals surface area contributed by atoms with Gasteiger partial charge in [-0.05, 0) is 23.8 Å². The summed E-state index contributed by atoms with van der Waals surface area (Å²) in [7, 11) is 1.73. The van der Waals surface area contributed by atoms with Crippen molar-refractivity contribution < 1.29 is 4.74 Å². The third-order valence-electron chi connectivity index (χ3n) is 3.76. The molecule has 0 amide bonds. The number of rotatable bonds is 9. The summed E-state index contributed by atoms with van der Waals surface area (Å²) in [4.78, 5) is 4.47. The quantitative estimate of drug-likeness (QED) is 0.711. The van der Waals surface area contributed by atoms with E-state index in [1.54, 1.807) is 13.4 Å². The SMILES string of the molecule is COCCNCC(Cc1ncnn1CC(C)C)C(C)(C)C. The molecule has 0 aromatic carbocycles. The molecule has 0 aliphatic rings. The summed E-state index contributed by atoms with van der Waals surface area (Å²) in [5, 5.41) is 7.85. The number of hydrogen-bond donors (Lipinski definition) is 1. The number of hydrogen-bond acceptors (Lipinski definition) is 4. The van der Waals surface area contributed by atoms with E-state index >= 15 is 0 Å². The number of nitrogens with zero attached hydrogens (tertiary/aromatic N) is 3. The van der Waals surface area contributed by atoms with Crippen LogP contribution in [0.2, 0.25) is 0 Å². The first-order valence-electron chi connectivity index (χ1n) is 7.91. The predicted molar refractivity (Wildman–Crippen MR) is 86.3 cm³/mol. The lowest BCUT2D eigenvalue weighted by molar-refractivity contribution is 0.185. The maximum absolute atomic E-state index is 5.09. The fraction of sp³-hybridized carbons (Fsp3) is 0.875. The zero-order valence-electron chi connectivity index (χ0n) is 14.5. The van der Waals surface area contributed by atoms with E-state index in [4.69, 9.17) is 4.74 Å². The topological polar surface area (TPSA) is 52.0 Å². The molecule has 1 heterocycles. The van der Waals surface area contributed by atoms with Crippen LogP contribution in [0, 0.1) is 17.3 Å². The molecule has 0 bridgehead atoms. The number of aromatic nitrogens is 3. The van der Waals surface area contributed by atoms with Crippen LogP contribution in [0.25, 0.3) is 0 Å². The summed E-state index contributed by atoms with van der Waals surface area (Å²) >= 11 is 0. The van der Waals surface area contributed by atoms with Crippen molar-refractivity contribution in [3.8, 4) is 0 Å². The van der Waals surface area contributed by atoms with Gasteiger partial charge in [-0.3, -0.25) is 0 Å². The highest BCUT2D eigenvalue weighted by molar-refractivity contribution is 4.91. The second-order valence-corrected chi connectivity index (χ2v) is 7.22. The van der Waals surface area contributed by atoms with E-state index in [2.05, 4.69) is 54.7 Å². The van der Waals surface area contributed by atoms with Crippen LogP contribution in [0.5, 0.6) is 0 Å². The Bertz CT molecular complexity index is 395. The maximum atomic E-state index is 5.09. The van der Waals surface area contributed by atoms with Crippen LogP contribution in [0.1, 0.15) is 40.4 Å². The fourth-order valence-electron chi connectivity index (χ4n) is 2.30. The van der Waals surface area contributed by atoms with Crippen molar-refractivity contribution in [3.05, 3.63) is 12.2 Å². The van der Waals surface area contributed by atoms with Crippen molar-refractivity contribution in [3.63, 3.8) is 0 Å². The zero-order valence-corrected chi connectivity index (χ0v) is 14.5. The average molecular weight is 296 g/mol. The van der Waals surface area contributed by atoms with E-state index in [9.17, 15) is 0 Å². The summed E-state index contributed by atoms with van der Waals surface area (Å²) in [5.41, 5.74) is 0.231. The first-order chi connectivity index (χ1) is 9.84. The van der Waals surface area contributed by atoms with Gasteiger partial charge in [0.05, 0.1) is 6.61 Å². The summed E-state index contributed by atoms with van der Waals surface area (Å²) in [5.74, 6) is 2.19. The van der Waals surface area contributed by atoms with Crippen LogP contribution >= 0.6 is 0 Å². The van der Waals surface area contributed by atoms with Crippen LogP contribution in [0.4, 0.5) is 0 Å². The third-order valence-corrected chi connectivity index (χ3v) is 3.76.